The third-order valence-corrected chi connectivity index (χ3v) is 2.46. The number of hydrogen-bond donors (Lipinski definition) is 1. The van der Waals surface area contributed by atoms with Crippen LogP contribution < -0.4 is 5.32 Å². The Hall–Kier alpha value is -0.960. The highest BCUT2D eigenvalue weighted by atomic mass is 19.1. The van der Waals surface area contributed by atoms with Crippen LogP contribution in [0.3, 0.4) is 0 Å². The van der Waals surface area contributed by atoms with Crippen LogP contribution in [0.25, 0.3) is 0 Å². The molecule has 0 radical (unpaired) electrons. The Labute approximate surface area is 75.8 Å². The molecule has 1 nitrogen and oxygen atoms in total. The van der Waals surface area contributed by atoms with E-state index in [9.17, 15) is 8.78 Å². The lowest BCUT2D eigenvalue weighted by Gasteiger charge is -2.09. The Morgan fingerprint density at radius 1 is 1.31 bits per heavy atom. The zero-order valence-electron chi connectivity index (χ0n) is 7.19. The summed E-state index contributed by atoms with van der Waals surface area (Å²) in [6.07, 6.45) is 0.889. The number of benzene rings is 1. The molecular formula is C10H11F2N. The first-order chi connectivity index (χ1) is 6.27. The van der Waals surface area contributed by atoms with Gasteiger partial charge in [0.25, 0.3) is 0 Å². The zero-order chi connectivity index (χ0) is 9.26. The van der Waals surface area contributed by atoms with Crippen molar-refractivity contribution in [2.75, 3.05) is 13.1 Å². The van der Waals surface area contributed by atoms with Crippen molar-refractivity contribution < 1.29 is 8.78 Å². The molecule has 2 rings (SSSR count). The molecule has 0 saturated carbocycles. The molecule has 0 bridgehead atoms. The van der Waals surface area contributed by atoms with Crippen LogP contribution >= 0.6 is 0 Å². The van der Waals surface area contributed by atoms with Gasteiger partial charge in [0.1, 0.15) is 11.6 Å². The average Bonchev–Trinajstić information content (AvgIpc) is 2.61. The molecule has 0 aliphatic carbocycles. The molecule has 1 aromatic rings. The fraction of sp³-hybridized carbons (Fsp3) is 0.400. The minimum Gasteiger partial charge on any atom is -0.316 e. The SMILES string of the molecule is Fc1ccc(F)c([C@@H]2CCNC2)c1. The Balaban J connectivity index is 2.32. The van der Waals surface area contributed by atoms with Gasteiger partial charge < -0.3 is 5.32 Å². The third kappa shape index (κ3) is 1.70. The summed E-state index contributed by atoms with van der Waals surface area (Å²) in [5.41, 5.74) is 0.505. The highest BCUT2D eigenvalue weighted by Crippen LogP contribution is 2.25. The van der Waals surface area contributed by atoms with E-state index in [0.29, 0.717) is 5.56 Å². The molecule has 1 aliphatic heterocycles. The molecule has 1 saturated heterocycles. The molecule has 13 heavy (non-hydrogen) atoms. The number of hydrogen-bond acceptors (Lipinski definition) is 1. The van der Waals surface area contributed by atoms with Crippen LogP contribution in [0.2, 0.25) is 0 Å². The normalized spacial score (nSPS) is 22.2. The molecule has 1 N–H and O–H groups in total. The summed E-state index contributed by atoms with van der Waals surface area (Å²) < 4.78 is 26.0. The second-order valence-electron chi connectivity index (χ2n) is 3.36. The first-order valence-corrected chi connectivity index (χ1v) is 4.43. The van der Waals surface area contributed by atoms with Crippen LogP contribution in [0, 0.1) is 11.6 Å². The van der Waals surface area contributed by atoms with Gasteiger partial charge >= 0.3 is 0 Å². The van der Waals surface area contributed by atoms with E-state index in [-0.39, 0.29) is 17.6 Å². The van der Waals surface area contributed by atoms with Gasteiger partial charge in [0.15, 0.2) is 0 Å². The summed E-state index contributed by atoms with van der Waals surface area (Å²) in [4.78, 5) is 0. The van der Waals surface area contributed by atoms with Crippen LogP contribution in [0.15, 0.2) is 18.2 Å². The standard InChI is InChI=1S/C10H11F2N/c11-8-1-2-10(12)9(5-8)7-3-4-13-6-7/h1-2,5,7,13H,3-4,6H2/t7-/m1/s1. The third-order valence-electron chi connectivity index (χ3n) is 2.46. The van der Waals surface area contributed by atoms with Crippen molar-refractivity contribution in [3.63, 3.8) is 0 Å². The fourth-order valence-corrected chi connectivity index (χ4v) is 1.75. The Bertz CT molecular complexity index is 306. The van der Waals surface area contributed by atoms with Crippen LogP contribution in [0.1, 0.15) is 17.9 Å². The number of nitrogens with one attached hydrogen (secondary N) is 1. The van der Waals surface area contributed by atoms with Crippen molar-refractivity contribution in [1.82, 2.24) is 5.32 Å². The van der Waals surface area contributed by atoms with Crippen molar-refractivity contribution in [3.8, 4) is 0 Å². The summed E-state index contributed by atoms with van der Waals surface area (Å²) in [7, 11) is 0. The van der Waals surface area contributed by atoms with Gasteiger partial charge in [-0.1, -0.05) is 0 Å². The van der Waals surface area contributed by atoms with Crippen LogP contribution in [-0.4, -0.2) is 13.1 Å². The van der Waals surface area contributed by atoms with Crippen molar-refractivity contribution in [3.05, 3.63) is 35.4 Å². The quantitative estimate of drug-likeness (QED) is 0.702. The fourth-order valence-electron chi connectivity index (χ4n) is 1.75. The molecule has 70 valence electrons. The zero-order valence-corrected chi connectivity index (χ0v) is 7.19. The first kappa shape index (κ1) is 8.63. The highest BCUT2D eigenvalue weighted by Gasteiger charge is 2.20. The van der Waals surface area contributed by atoms with Crippen molar-refractivity contribution >= 4 is 0 Å². The minimum atomic E-state index is -0.358. The van der Waals surface area contributed by atoms with Gasteiger partial charge in [-0.25, -0.2) is 8.78 Å². The van der Waals surface area contributed by atoms with Crippen LogP contribution in [-0.2, 0) is 0 Å². The maximum atomic E-state index is 13.2. The van der Waals surface area contributed by atoms with Gasteiger partial charge in [-0.15, -0.1) is 0 Å². The Kier molecular flexibility index (Phi) is 2.27. The summed E-state index contributed by atoms with van der Waals surface area (Å²) in [5, 5.41) is 3.13. The van der Waals surface area contributed by atoms with Crippen LogP contribution in [0.4, 0.5) is 8.78 Å². The van der Waals surface area contributed by atoms with Crippen molar-refractivity contribution in [2.45, 2.75) is 12.3 Å². The maximum absolute atomic E-state index is 13.2. The molecular weight excluding hydrogens is 172 g/mol. The molecule has 1 fully saturated rings. The smallest absolute Gasteiger partial charge is 0.126 e. The van der Waals surface area contributed by atoms with Crippen LogP contribution in [0.5, 0.6) is 0 Å². The van der Waals surface area contributed by atoms with E-state index in [0.717, 1.165) is 25.6 Å². The van der Waals surface area contributed by atoms with E-state index in [2.05, 4.69) is 5.32 Å². The Morgan fingerprint density at radius 2 is 2.15 bits per heavy atom. The highest BCUT2D eigenvalue weighted by molar-refractivity contribution is 5.24. The van der Waals surface area contributed by atoms with E-state index in [1.54, 1.807) is 0 Å². The molecule has 1 aromatic carbocycles. The second kappa shape index (κ2) is 3.42. The van der Waals surface area contributed by atoms with Gasteiger partial charge in [-0.2, -0.15) is 0 Å². The maximum Gasteiger partial charge on any atom is 0.126 e. The lowest BCUT2D eigenvalue weighted by atomic mass is 9.98. The monoisotopic (exact) mass is 183 g/mol. The molecule has 0 aromatic heterocycles. The van der Waals surface area contributed by atoms with E-state index in [4.69, 9.17) is 0 Å². The van der Waals surface area contributed by atoms with Gasteiger partial charge in [-0.05, 0) is 36.7 Å². The second-order valence-corrected chi connectivity index (χ2v) is 3.36. The largest absolute Gasteiger partial charge is 0.316 e. The van der Waals surface area contributed by atoms with E-state index >= 15 is 0 Å². The van der Waals surface area contributed by atoms with Gasteiger partial charge in [0.2, 0.25) is 0 Å². The first-order valence-electron chi connectivity index (χ1n) is 4.43. The molecule has 0 unspecified atom stereocenters. The lowest BCUT2D eigenvalue weighted by Crippen LogP contribution is -2.09. The lowest BCUT2D eigenvalue weighted by molar-refractivity contribution is 0.567. The summed E-state index contributed by atoms with van der Waals surface area (Å²) in [6, 6.07) is 3.65. The molecule has 3 heteroatoms. The summed E-state index contributed by atoms with van der Waals surface area (Å²) >= 11 is 0. The molecule has 1 heterocycles. The van der Waals surface area contributed by atoms with Crippen molar-refractivity contribution in [1.29, 1.82) is 0 Å². The molecule has 1 atom stereocenters. The molecule has 0 amide bonds. The van der Waals surface area contributed by atoms with E-state index in [1.165, 1.54) is 12.1 Å². The van der Waals surface area contributed by atoms with Gasteiger partial charge in [0, 0.05) is 12.5 Å². The molecule has 0 spiro atoms. The molecule has 1 aliphatic rings. The van der Waals surface area contributed by atoms with E-state index in [1.807, 2.05) is 0 Å². The summed E-state index contributed by atoms with van der Waals surface area (Å²) in [5.74, 6) is -0.519. The predicted octanol–water partition coefficient (Wildman–Crippen LogP) is 2.04. The Morgan fingerprint density at radius 3 is 2.85 bits per heavy atom. The minimum absolute atomic E-state index is 0.135. The van der Waals surface area contributed by atoms with E-state index < -0.39 is 0 Å². The predicted molar refractivity (Wildman–Crippen MR) is 46.6 cm³/mol. The number of halogens is 2. The topological polar surface area (TPSA) is 12.0 Å². The summed E-state index contributed by atoms with van der Waals surface area (Å²) in [6.45, 7) is 1.64. The van der Waals surface area contributed by atoms with Gasteiger partial charge in [0.05, 0.1) is 0 Å². The van der Waals surface area contributed by atoms with Crippen molar-refractivity contribution in [2.24, 2.45) is 0 Å². The van der Waals surface area contributed by atoms with Gasteiger partial charge in [-0.3, -0.25) is 0 Å². The number of rotatable bonds is 1. The average molecular weight is 183 g/mol.